The number of hydrogen-bond donors (Lipinski definition) is 5. The molecule has 0 bridgehead atoms. The molecule has 11 nitrogen and oxygen atoms in total. The summed E-state index contributed by atoms with van der Waals surface area (Å²) >= 11 is 0. The lowest BCUT2D eigenvalue weighted by molar-refractivity contribution is -0.163. The Morgan fingerprint density at radius 2 is 1.40 bits per heavy atom. The first-order valence-electron chi connectivity index (χ1n) is 7.85. The first-order valence-corrected chi connectivity index (χ1v) is 7.85. The minimum atomic E-state index is -0.981. The average Bonchev–Trinajstić information content (AvgIpc) is 2.52. The molecule has 0 aliphatic heterocycles. The minimum Gasteiger partial charge on any atom is -0.368 e. The summed E-state index contributed by atoms with van der Waals surface area (Å²) in [5.41, 5.74) is 10.9. The van der Waals surface area contributed by atoms with Gasteiger partial charge in [0, 0.05) is 26.9 Å². The number of rotatable bonds is 11. The van der Waals surface area contributed by atoms with Crippen molar-refractivity contribution in [3.05, 3.63) is 0 Å². The van der Waals surface area contributed by atoms with Gasteiger partial charge in [-0.25, -0.2) is 10.1 Å². The molecule has 1 unspecified atom stereocenters. The largest absolute Gasteiger partial charge is 0.368 e. The number of nitrogens with one attached hydrogen (secondary N) is 1. The zero-order chi connectivity index (χ0) is 19.6. The number of amides is 4. The highest BCUT2D eigenvalue weighted by molar-refractivity contribution is 5.88. The second-order valence-electron chi connectivity index (χ2n) is 5.64. The zero-order valence-corrected chi connectivity index (χ0v) is 14.5. The number of nitrogens with two attached hydrogens (primary N) is 2. The van der Waals surface area contributed by atoms with Crippen LogP contribution in [0.1, 0.15) is 39.5 Å². The molecule has 0 radical (unpaired) electrons. The lowest BCUT2D eigenvalue weighted by Gasteiger charge is -2.20. The van der Waals surface area contributed by atoms with Crippen LogP contribution in [0.3, 0.4) is 0 Å². The Labute approximate surface area is 145 Å². The smallest absolute Gasteiger partial charge is 0.242 e. The van der Waals surface area contributed by atoms with Crippen LogP contribution in [0.2, 0.25) is 0 Å². The normalized spacial score (nSPS) is 12.8. The van der Waals surface area contributed by atoms with Crippen molar-refractivity contribution in [3.8, 4) is 0 Å². The van der Waals surface area contributed by atoms with Gasteiger partial charge in [0.1, 0.15) is 6.04 Å². The molecule has 4 amide bonds. The van der Waals surface area contributed by atoms with Gasteiger partial charge in [-0.2, -0.15) is 0 Å². The van der Waals surface area contributed by atoms with Crippen LogP contribution < -0.4 is 16.8 Å². The van der Waals surface area contributed by atoms with Gasteiger partial charge < -0.3 is 16.8 Å². The molecule has 0 heterocycles. The molecule has 2 atom stereocenters. The summed E-state index contributed by atoms with van der Waals surface area (Å²) in [6.45, 7) is 2.42. The van der Waals surface area contributed by atoms with E-state index in [1.807, 2.05) is 0 Å². The van der Waals surface area contributed by atoms with Crippen LogP contribution in [-0.2, 0) is 19.2 Å². The van der Waals surface area contributed by atoms with Gasteiger partial charge in [-0.15, -0.1) is 0 Å². The molecule has 0 aromatic carbocycles. The summed E-state index contributed by atoms with van der Waals surface area (Å²) < 4.78 is 0. The molecule has 144 valence electrons. The number of carbonyl (C=O) groups is 4. The van der Waals surface area contributed by atoms with E-state index in [4.69, 9.17) is 11.5 Å². The lowest BCUT2D eigenvalue weighted by Crippen LogP contribution is -2.50. The Hall–Kier alpha value is -2.24. The van der Waals surface area contributed by atoms with E-state index in [2.05, 4.69) is 5.32 Å². The van der Waals surface area contributed by atoms with Crippen LogP contribution in [0.4, 0.5) is 0 Å². The Bertz CT molecular complexity index is 486. The van der Waals surface area contributed by atoms with Crippen LogP contribution in [0.15, 0.2) is 0 Å². The Balaban J connectivity index is 4.32. The van der Waals surface area contributed by atoms with Gasteiger partial charge in [-0.1, -0.05) is 0 Å². The zero-order valence-electron chi connectivity index (χ0n) is 14.5. The highest BCUT2D eigenvalue weighted by Crippen LogP contribution is 2.02. The highest BCUT2D eigenvalue weighted by atomic mass is 16.5. The van der Waals surface area contributed by atoms with E-state index in [0.717, 1.165) is 0 Å². The average molecular weight is 361 g/mol. The Morgan fingerprint density at radius 3 is 1.80 bits per heavy atom. The van der Waals surface area contributed by atoms with Crippen LogP contribution in [0.25, 0.3) is 0 Å². The van der Waals surface area contributed by atoms with E-state index < -0.39 is 35.7 Å². The van der Waals surface area contributed by atoms with E-state index in [1.165, 1.54) is 13.8 Å². The van der Waals surface area contributed by atoms with Crippen molar-refractivity contribution in [2.24, 2.45) is 11.5 Å². The molecule has 0 saturated heterocycles. The fourth-order valence-corrected chi connectivity index (χ4v) is 1.92. The first-order chi connectivity index (χ1) is 11.6. The summed E-state index contributed by atoms with van der Waals surface area (Å²) in [7, 11) is 0. The molecular formula is C14H27N5O6. The number of carbonyl (C=O) groups excluding carboxylic acids is 4. The van der Waals surface area contributed by atoms with E-state index >= 15 is 0 Å². The van der Waals surface area contributed by atoms with Gasteiger partial charge >= 0.3 is 0 Å². The van der Waals surface area contributed by atoms with Gasteiger partial charge in [-0.3, -0.25) is 29.6 Å². The van der Waals surface area contributed by atoms with E-state index in [9.17, 15) is 29.6 Å². The maximum absolute atomic E-state index is 12.0. The van der Waals surface area contributed by atoms with Crippen molar-refractivity contribution < 1.29 is 29.6 Å². The fourth-order valence-electron chi connectivity index (χ4n) is 1.92. The molecule has 0 fully saturated rings. The summed E-state index contributed by atoms with van der Waals surface area (Å²) in [6, 6.07) is -1.92. The lowest BCUT2D eigenvalue weighted by atomic mass is 10.1. The number of primary amides is 1. The van der Waals surface area contributed by atoms with Crippen LogP contribution in [0, 0.1) is 0 Å². The van der Waals surface area contributed by atoms with E-state index in [1.54, 1.807) is 0 Å². The number of hydroxylamine groups is 4. The Morgan fingerprint density at radius 1 is 0.960 bits per heavy atom. The summed E-state index contributed by atoms with van der Waals surface area (Å²) in [4.78, 5) is 45.1. The van der Waals surface area contributed by atoms with Gasteiger partial charge in [-0.05, 0) is 25.7 Å². The van der Waals surface area contributed by atoms with Crippen molar-refractivity contribution in [3.63, 3.8) is 0 Å². The molecule has 0 rings (SSSR count). The Kier molecular flexibility index (Phi) is 10.3. The summed E-state index contributed by atoms with van der Waals surface area (Å²) in [6.07, 6.45) is 0.866. The molecule has 0 aliphatic rings. The van der Waals surface area contributed by atoms with Crippen molar-refractivity contribution in [1.82, 2.24) is 15.4 Å². The SMILES string of the molecule is CC(=O)N(O)CCCC(NC(=O)[C@@H](N)CCCN(O)C(C)=O)C(N)=O. The third-order valence-corrected chi connectivity index (χ3v) is 3.47. The van der Waals surface area contributed by atoms with Gasteiger partial charge in [0.05, 0.1) is 6.04 Å². The maximum Gasteiger partial charge on any atom is 0.242 e. The third-order valence-electron chi connectivity index (χ3n) is 3.47. The maximum atomic E-state index is 12.0. The highest BCUT2D eigenvalue weighted by Gasteiger charge is 2.22. The third kappa shape index (κ3) is 9.59. The van der Waals surface area contributed by atoms with E-state index in [-0.39, 0.29) is 32.4 Å². The molecule has 0 spiro atoms. The second kappa shape index (κ2) is 11.3. The standard InChI is InChI=1S/C14H27N5O6/c1-9(20)18(24)7-3-5-11(15)14(23)17-12(13(16)22)6-4-8-19(25)10(2)21/h11-12,24-25H,3-8,15H2,1-2H3,(H2,16,22)(H,17,23)/t11-,12?/m0/s1. The van der Waals surface area contributed by atoms with Crippen molar-refractivity contribution >= 4 is 23.6 Å². The quantitative estimate of drug-likeness (QED) is 0.215. The van der Waals surface area contributed by atoms with Gasteiger partial charge in [0.15, 0.2) is 0 Å². The summed E-state index contributed by atoms with van der Waals surface area (Å²) in [5, 5.41) is 21.9. The predicted molar refractivity (Wildman–Crippen MR) is 85.9 cm³/mol. The summed E-state index contributed by atoms with van der Waals surface area (Å²) in [5.74, 6) is -2.41. The minimum absolute atomic E-state index is 0.00157. The molecule has 25 heavy (non-hydrogen) atoms. The van der Waals surface area contributed by atoms with E-state index in [0.29, 0.717) is 16.5 Å². The predicted octanol–water partition coefficient (Wildman–Crippen LogP) is -1.68. The van der Waals surface area contributed by atoms with Crippen molar-refractivity contribution in [2.45, 2.75) is 51.6 Å². The molecule has 0 aromatic heterocycles. The van der Waals surface area contributed by atoms with Crippen LogP contribution in [-0.4, -0.2) is 69.3 Å². The molecule has 7 N–H and O–H groups in total. The monoisotopic (exact) mass is 361 g/mol. The number of hydrogen-bond acceptors (Lipinski definition) is 7. The molecule has 0 aromatic rings. The molecule has 11 heteroatoms. The van der Waals surface area contributed by atoms with Gasteiger partial charge in [0.25, 0.3) is 0 Å². The molecule has 0 aliphatic carbocycles. The van der Waals surface area contributed by atoms with Crippen molar-refractivity contribution in [2.75, 3.05) is 13.1 Å². The number of nitrogens with zero attached hydrogens (tertiary/aromatic N) is 2. The second-order valence-corrected chi connectivity index (χ2v) is 5.64. The fraction of sp³-hybridized carbons (Fsp3) is 0.714. The molecule has 0 saturated carbocycles. The van der Waals surface area contributed by atoms with Crippen molar-refractivity contribution in [1.29, 1.82) is 0 Å². The molecular weight excluding hydrogens is 334 g/mol. The van der Waals surface area contributed by atoms with Crippen LogP contribution in [0.5, 0.6) is 0 Å². The topological polar surface area (TPSA) is 179 Å². The van der Waals surface area contributed by atoms with Gasteiger partial charge in [0.2, 0.25) is 23.6 Å². The first kappa shape index (κ1) is 22.8. The van der Waals surface area contributed by atoms with Crippen LogP contribution >= 0.6 is 0 Å².